The van der Waals surface area contributed by atoms with E-state index in [1.807, 2.05) is 52.0 Å². The number of carboxylic acid groups (broad SMARTS) is 2. The molecular weight excluding hydrogens is 598 g/mol. The number of hydrogen-bond acceptors (Lipinski definition) is 5. The molecule has 0 amide bonds. The van der Waals surface area contributed by atoms with E-state index >= 15 is 0 Å². The van der Waals surface area contributed by atoms with Crippen LogP contribution in [0.15, 0.2) is 0 Å². The Kier molecular flexibility index (Phi) is 9.53. The number of hydrogen-bond donors (Lipinski definition) is 8. The molecular formula is C36H45N5O6. The number of aromatic amines is 3. The average Bonchev–Trinajstić information content (AvgIpc) is 3.63. The first kappa shape index (κ1) is 33.8. The fourth-order valence-electron chi connectivity index (χ4n) is 7.06. The van der Waals surface area contributed by atoms with Gasteiger partial charge in [0, 0.05) is 81.2 Å². The van der Waals surface area contributed by atoms with Gasteiger partial charge in [0.2, 0.25) is 0 Å². The third-order valence-corrected chi connectivity index (χ3v) is 9.42. The Bertz CT molecular complexity index is 2120. The second-order valence-electron chi connectivity index (χ2n) is 12.6. The first-order chi connectivity index (χ1) is 22.2. The number of aliphatic carboxylic acids is 2. The SMILES string of the molecule is Cc1c2[nH]c(c1CCC(=O)O)C=c1[nH]c(c(C)c1CCC(=O)O)=Cc1c(C)c(C(C)O)c(n1CCN)C=c1[nH]c(c(C(C)O)c1C)=C2. The van der Waals surface area contributed by atoms with Crippen molar-refractivity contribution >= 4 is 36.2 Å². The number of aromatic nitrogens is 4. The summed E-state index contributed by atoms with van der Waals surface area (Å²) in [4.78, 5) is 33.9. The summed E-state index contributed by atoms with van der Waals surface area (Å²) in [6, 6.07) is 0. The van der Waals surface area contributed by atoms with Crippen molar-refractivity contribution in [2.45, 2.75) is 86.0 Å². The molecule has 5 rings (SSSR count). The molecule has 47 heavy (non-hydrogen) atoms. The minimum absolute atomic E-state index is 0.0571. The van der Waals surface area contributed by atoms with Gasteiger partial charge >= 0.3 is 11.9 Å². The second-order valence-corrected chi connectivity index (χ2v) is 12.6. The monoisotopic (exact) mass is 643 g/mol. The maximum atomic E-state index is 11.7. The summed E-state index contributed by atoms with van der Waals surface area (Å²) in [6.07, 6.45) is 6.79. The standard InChI is InChI=1S/C36H45N5O6/c1-17-23(7-9-33(44)45)28-14-29-24(8-10-34(46)47)18(2)26(39-29)15-31-20(4)36(22(6)43)32(41(31)12-11-37)16-27-19(3)35(21(5)42)30(40-27)13-25(17)38-28/h13-16,21-22,38-40,42-43H,7-12,37H2,1-6H3,(H,44,45)(H,46,47). The van der Waals surface area contributed by atoms with Gasteiger partial charge in [-0.05, 0) is 112 Å². The third kappa shape index (κ3) is 6.38. The Balaban J connectivity index is 2.00. The molecule has 5 heterocycles. The van der Waals surface area contributed by atoms with Crippen molar-refractivity contribution in [3.05, 3.63) is 88.7 Å². The van der Waals surface area contributed by atoms with Crippen molar-refractivity contribution in [3.63, 3.8) is 0 Å². The maximum Gasteiger partial charge on any atom is 0.303 e. The number of carbonyl (C=O) groups is 2. The Morgan fingerprint density at radius 1 is 0.681 bits per heavy atom. The highest BCUT2D eigenvalue weighted by atomic mass is 16.4. The van der Waals surface area contributed by atoms with E-state index < -0.39 is 24.1 Å². The molecule has 1 aliphatic heterocycles. The molecule has 4 aromatic heterocycles. The van der Waals surface area contributed by atoms with E-state index in [0.29, 0.717) is 31.3 Å². The topological polar surface area (TPSA) is 193 Å². The van der Waals surface area contributed by atoms with Crippen molar-refractivity contribution in [3.8, 4) is 0 Å². The zero-order chi connectivity index (χ0) is 34.3. The fraction of sp³-hybridized carbons (Fsp3) is 0.389. The van der Waals surface area contributed by atoms with E-state index in [-0.39, 0.29) is 12.8 Å². The van der Waals surface area contributed by atoms with Crippen LogP contribution in [0.5, 0.6) is 0 Å². The molecule has 0 spiro atoms. The fourth-order valence-corrected chi connectivity index (χ4v) is 7.06. The van der Waals surface area contributed by atoms with E-state index in [9.17, 15) is 30.0 Å². The molecule has 0 aliphatic carbocycles. The van der Waals surface area contributed by atoms with Crippen molar-refractivity contribution in [1.29, 1.82) is 0 Å². The van der Waals surface area contributed by atoms with Crippen molar-refractivity contribution in [2.24, 2.45) is 5.73 Å². The first-order valence-corrected chi connectivity index (χ1v) is 16.0. The zero-order valence-electron chi connectivity index (χ0n) is 27.8. The number of H-pyrrole nitrogens is 3. The smallest absolute Gasteiger partial charge is 0.303 e. The van der Waals surface area contributed by atoms with Crippen LogP contribution in [0, 0.1) is 27.7 Å². The molecule has 0 saturated heterocycles. The first-order valence-electron chi connectivity index (χ1n) is 16.0. The molecule has 2 atom stereocenters. The molecule has 2 unspecified atom stereocenters. The lowest BCUT2D eigenvalue weighted by molar-refractivity contribution is -0.138. The zero-order valence-corrected chi connectivity index (χ0v) is 27.8. The summed E-state index contributed by atoms with van der Waals surface area (Å²) in [5.41, 5.74) is 16.0. The normalized spacial score (nSPS) is 13.7. The molecule has 0 fully saturated rings. The van der Waals surface area contributed by atoms with Crippen molar-refractivity contribution in [1.82, 2.24) is 19.5 Å². The van der Waals surface area contributed by atoms with E-state index in [4.69, 9.17) is 5.73 Å². The molecule has 0 radical (unpaired) electrons. The summed E-state index contributed by atoms with van der Waals surface area (Å²) < 4.78 is 2.10. The quantitative estimate of drug-likeness (QED) is 0.113. The number of nitrogens with two attached hydrogens (primary N) is 1. The molecule has 250 valence electrons. The molecule has 11 nitrogen and oxygen atoms in total. The highest BCUT2D eigenvalue weighted by Gasteiger charge is 2.23. The van der Waals surface area contributed by atoms with Gasteiger partial charge < -0.3 is 45.7 Å². The van der Waals surface area contributed by atoms with Crippen LogP contribution < -0.4 is 27.1 Å². The molecule has 4 aromatic rings. The summed E-state index contributed by atoms with van der Waals surface area (Å²) >= 11 is 0. The van der Waals surface area contributed by atoms with Crippen molar-refractivity contribution < 1.29 is 30.0 Å². The highest BCUT2D eigenvalue weighted by molar-refractivity contribution is 5.70. The lowest BCUT2D eigenvalue weighted by Gasteiger charge is -2.10. The van der Waals surface area contributed by atoms with Crippen LogP contribution >= 0.6 is 0 Å². The third-order valence-electron chi connectivity index (χ3n) is 9.42. The van der Waals surface area contributed by atoms with Crippen LogP contribution in [0.2, 0.25) is 0 Å². The van der Waals surface area contributed by atoms with Crippen LogP contribution in [0.1, 0.15) is 106 Å². The summed E-state index contributed by atoms with van der Waals surface area (Å²) in [7, 11) is 0. The van der Waals surface area contributed by atoms with Crippen LogP contribution in [0.25, 0.3) is 24.3 Å². The molecule has 11 heteroatoms. The summed E-state index contributed by atoms with van der Waals surface area (Å²) in [5.74, 6) is -1.81. The van der Waals surface area contributed by atoms with Gasteiger partial charge in [-0.1, -0.05) is 0 Å². The molecule has 0 aromatic carbocycles. The summed E-state index contributed by atoms with van der Waals surface area (Å²) in [5, 5.41) is 44.1. The van der Waals surface area contributed by atoms with E-state index in [1.54, 1.807) is 13.8 Å². The van der Waals surface area contributed by atoms with Gasteiger partial charge in [0.05, 0.1) is 12.2 Å². The van der Waals surface area contributed by atoms with Crippen LogP contribution in [0.3, 0.4) is 0 Å². The van der Waals surface area contributed by atoms with E-state index in [0.717, 1.165) is 83.3 Å². The Morgan fingerprint density at radius 3 is 1.83 bits per heavy atom. The van der Waals surface area contributed by atoms with E-state index in [1.165, 1.54) is 0 Å². The average molecular weight is 644 g/mol. The van der Waals surface area contributed by atoms with Gasteiger partial charge in [0.25, 0.3) is 0 Å². The Labute approximate surface area is 272 Å². The van der Waals surface area contributed by atoms with Gasteiger partial charge in [-0.3, -0.25) is 9.59 Å². The minimum atomic E-state index is -0.904. The molecule has 0 saturated carbocycles. The van der Waals surface area contributed by atoms with Gasteiger partial charge in [-0.25, -0.2) is 0 Å². The highest BCUT2D eigenvalue weighted by Crippen LogP contribution is 2.30. The second kappa shape index (κ2) is 13.3. The number of nitrogens with zero attached hydrogens (tertiary/aromatic N) is 1. The Morgan fingerprint density at radius 2 is 1.23 bits per heavy atom. The van der Waals surface area contributed by atoms with Crippen LogP contribution in [0.4, 0.5) is 0 Å². The molecule has 9 N–H and O–H groups in total. The lowest BCUT2D eigenvalue weighted by atomic mass is 10.0. The number of rotatable bonds is 10. The van der Waals surface area contributed by atoms with Gasteiger partial charge in [-0.15, -0.1) is 0 Å². The lowest BCUT2D eigenvalue weighted by Crippen LogP contribution is -2.18. The number of nitrogens with one attached hydrogen (secondary N) is 3. The molecule has 8 bridgehead atoms. The van der Waals surface area contributed by atoms with Crippen LogP contribution in [-0.4, -0.2) is 58.4 Å². The predicted octanol–water partition coefficient (Wildman–Crippen LogP) is 1.43. The number of carboxylic acids is 2. The molecule has 1 aliphatic rings. The number of aliphatic hydroxyl groups excluding tert-OH is 2. The maximum absolute atomic E-state index is 11.7. The van der Waals surface area contributed by atoms with Crippen LogP contribution in [-0.2, 0) is 29.0 Å². The van der Waals surface area contributed by atoms with Crippen molar-refractivity contribution in [2.75, 3.05) is 6.54 Å². The number of fused-ring (bicyclic) bond motifs is 8. The van der Waals surface area contributed by atoms with E-state index in [2.05, 4.69) is 19.5 Å². The van der Waals surface area contributed by atoms with Gasteiger partial charge in [-0.2, -0.15) is 0 Å². The van der Waals surface area contributed by atoms with Gasteiger partial charge in [0.1, 0.15) is 0 Å². The minimum Gasteiger partial charge on any atom is -0.481 e. The van der Waals surface area contributed by atoms with Gasteiger partial charge in [0.15, 0.2) is 0 Å². The predicted molar refractivity (Wildman–Crippen MR) is 181 cm³/mol. The number of aliphatic hydroxyl groups is 2. The largest absolute Gasteiger partial charge is 0.481 e. The summed E-state index contributed by atoms with van der Waals surface area (Å²) in [6.45, 7) is 12.1. The Hall–Kier alpha value is -4.58.